The summed E-state index contributed by atoms with van der Waals surface area (Å²) in [6.07, 6.45) is 10.3. The van der Waals surface area contributed by atoms with Gasteiger partial charge < -0.3 is 5.32 Å². The second-order valence-electron chi connectivity index (χ2n) is 7.51. The Balaban J connectivity index is 1.36. The van der Waals surface area contributed by atoms with E-state index < -0.39 is 0 Å². The molecule has 21 heavy (non-hydrogen) atoms. The smallest absolute Gasteiger partial charge is 0.00719 e. The van der Waals surface area contributed by atoms with Crippen molar-refractivity contribution in [3.63, 3.8) is 0 Å². The molecular weight excluding hydrogens is 274 g/mol. The van der Waals surface area contributed by atoms with E-state index in [1.54, 1.807) is 0 Å². The third-order valence-electron chi connectivity index (χ3n) is 6.03. The molecule has 2 bridgehead atoms. The van der Waals surface area contributed by atoms with Gasteiger partial charge in [-0.25, -0.2) is 0 Å². The minimum absolute atomic E-state index is 0.632. The van der Waals surface area contributed by atoms with Gasteiger partial charge in [0.1, 0.15) is 0 Å². The first-order valence-corrected chi connectivity index (χ1v) is 9.74. The van der Waals surface area contributed by atoms with E-state index in [1.807, 2.05) is 0 Å². The molecule has 0 heterocycles. The number of nitrogens with one attached hydrogen (secondary N) is 1. The van der Waals surface area contributed by atoms with Gasteiger partial charge in [-0.05, 0) is 73.7 Å². The van der Waals surface area contributed by atoms with Crippen LogP contribution in [0.3, 0.4) is 0 Å². The van der Waals surface area contributed by atoms with Crippen molar-refractivity contribution in [1.82, 2.24) is 5.32 Å². The maximum atomic E-state index is 3.86. The molecule has 0 aromatic heterocycles. The number of rotatable bonds is 7. The average molecular weight is 301 g/mol. The predicted molar refractivity (Wildman–Crippen MR) is 90.7 cm³/mol. The summed E-state index contributed by atoms with van der Waals surface area (Å²) in [5.74, 6) is 3.36. The van der Waals surface area contributed by atoms with E-state index in [0.717, 1.165) is 17.9 Å². The van der Waals surface area contributed by atoms with E-state index in [0.29, 0.717) is 5.41 Å². The maximum absolute atomic E-state index is 3.86. The standard InChI is InChI=1S/C19H27NS/c1-2-4-18(5-3-1)21-11-10-19(14-20-17-8-9-17)13-15-6-7-16(19)12-15/h1-5,15-17,20H,6-14H2. The molecule has 0 saturated heterocycles. The second-order valence-corrected chi connectivity index (χ2v) is 8.68. The fourth-order valence-electron chi connectivity index (χ4n) is 4.69. The van der Waals surface area contributed by atoms with Crippen LogP contribution in [0.4, 0.5) is 0 Å². The summed E-state index contributed by atoms with van der Waals surface area (Å²) in [7, 11) is 0. The van der Waals surface area contributed by atoms with Crippen LogP contribution in [0.5, 0.6) is 0 Å². The highest BCUT2D eigenvalue weighted by atomic mass is 32.2. The maximum Gasteiger partial charge on any atom is 0.00719 e. The molecule has 3 unspecified atom stereocenters. The van der Waals surface area contributed by atoms with Crippen LogP contribution in [0.15, 0.2) is 35.2 Å². The topological polar surface area (TPSA) is 12.0 Å². The van der Waals surface area contributed by atoms with Crippen LogP contribution < -0.4 is 5.32 Å². The zero-order chi connectivity index (χ0) is 14.1. The first kappa shape index (κ1) is 14.1. The number of hydrogen-bond acceptors (Lipinski definition) is 2. The fourth-order valence-corrected chi connectivity index (χ4v) is 5.79. The minimum Gasteiger partial charge on any atom is -0.313 e. The molecule has 1 N–H and O–H groups in total. The summed E-state index contributed by atoms with van der Waals surface area (Å²) >= 11 is 2.06. The minimum atomic E-state index is 0.632. The monoisotopic (exact) mass is 301 g/mol. The van der Waals surface area contributed by atoms with Crippen molar-refractivity contribution < 1.29 is 0 Å². The molecule has 4 rings (SSSR count). The Labute approximate surface area is 133 Å². The van der Waals surface area contributed by atoms with Crippen molar-refractivity contribution >= 4 is 11.8 Å². The summed E-state index contributed by atoms with van der Waals surface area (Å²) in [5.41, 5.74) is 0.632. The molecule has 1 aromatic carbocycles. The first-order valence-electron chi connectivity index (χ1n) is 8.75. The Morgan fingerprint density at radius 1 is 1.10 bits per heavy atom. The molecule has 3 aliphatic rings. The van der Waals surface area contributed by atoms with Gasteiger partial charge in [0.05, 0.1) is 0 Å². The normalized spacial score (nSPS) is 34.5. The molecule has 0 spiro atoms. The van der Waals surface area contributed by atoms with Crippen molar-refractivity contribution in [2.45, 2.75) is 55.9 Å². The van der Waals surface area contributed by atoms with Crippen LogP contribution in [0.2, 0.25) is 0 Å². The molecule has 114 valence electrons. The summed E-state index contributed by atoms with van der Waals surface area (Å²) in [6.45, 7) is 1.30. The average Bonchev–Trinajstić information content (AvgIpc) is 3.14. The molecule has 3 aliphatic carbocycles. The van der Waals surface area contributed by atoms with Gasteiger partial charge in [-0.2, -0.15) is 0 Å². The molecule has 0 radical (unpaired) electrons. The molecule has 3 fully saturated rings. The van der Waals surface area contributed by atoms with Crippen molar-refractivity contribution in [1.29, 1.82) is 0 Å². The third-order valence-corrected chi connectivity index (χ3v) is 7.05. The van der Waals surface area contributed by atoms with Gasteiger partial charge in [0.2, 0.25) is 0 Å². The lowest BCUT2D eigenvalue weighted by molar-refractivity contribution is 0.151. The highest BCUT2D eigenvalue weighted by Gasteiger charge is 2.50. The van der Waals surface area contributed by atoms with E-state index in [1.165, 1.54) is 62.1 Å². The van der Waals surface area contributed by atoms with E-state index in [2.05, 4.69) is 47.4 Å². The predicted octanol–water partition coefficient (Wildman–Crippen LogP) is 4.73. The van der Waals surface area contributed by atoms with Gasteiger partial charge in [0.15, 0.2) is 0 Å². The van der Waals surface area contributed by atoms with Crippen LogP contribution in [0.1, 0.15) is 44.9 Å². The lowest BCUT2D eigenvalue weighted by Crippen LogP contribution is -2.40. The number of fused-ring (bicyclic) bond motifs is 2. The Morgan fingerprint density at radius 2 is 1.95 bits per heavy atom. The molecule has 3 saturated carbocycles. The molecule has 0 amide bonds. The summed E-state index contributed by atoms with van der Waals surface area (Å²) in [6, 6.07) is 11.8. The molecule has 3 atom stereocenters. The Hall–Kier alpha value is -0.470. The number of hydrogen-bond donors (Lipinski definition) is 1. The highest BCUT2D eigenvalue weighted by Crippen LogP contribution is 2.57. The largest absolute Gasteiger partial charge is 0.313 e. The van der Waals surface area contributed by atoms with Gasteiger partial charge in [-0.1, -0.05) is 24.6 Å². The van der Waals surface area contributed by atoms with Crippen molar-refractivity contribution in [3.8, 4) is 0 Å². The van der Waals surface area contributed by atoms with Crippen molar-refractivity contribution in [3.05, 3.63) is 30.3 Å². The van der Waals surface area contributed by atoms with Gasteiger partial charge in [0.25, 0.3) is 0 Å². The molecule has 1 nitrogen and oxygen atoms in total. The molecular formula is C19H27NS. The van der Waals surface area contributed by atoms with E-state index in [4.69, 9.17) is 0 Å². The number of benzene rings is 1. The number of thioether (sulfide) groups is 1. The Kier molecular flexibility index (Phi) is 4.02. The SMILES string of the molecule is c1ccc(SCCC2(CNC3CC3)CC3CCC2C3)cc1. The van der Waals surface area contributed by atoms with Gasteiger partial charge in [0, 0.05) is 17.5 Å². The summed E-state index contributed by atoms with van der Waals surface area (Å²) in [4.78, 5) is 1.44. The van der Waals surface area contributed by atoms with Crippen LogP contribution >= 0.6 is 11.8 Å². The zero-order valence-electron chi connectivity index (χ0n) is 12.9. The fraction of sp³-hybridized carbons (Fsp3) is 0.684. The first-order chi connectivity index (χ1) is 10.3. The van der Waals surface area contributed by atoms with E-state index >= 15 is 0 Å². The molecule has 2 heteroatoms. The lowest BCUT2D eigenvalue weighted by atomic mass is 9.71. The highest BCUT2D eigenvalue weighted by molar-refractivity contribution is 7.99. The lowest BCUT2D eigenvalue weighted by Gasteiger charge is -2.38. The third kappa shape index (κ3) is 3.17. The van der Waals surface area contributed by atoms with Gasteiger partial charge in [-0.3, -0.25) is 0 Å². The Bertz CT molecular complexity index is 470. The molecule has 1 aromatic rings. The molecule has 0 aliphatic heterocycles. The van der Waals surface area contributed by atoms with Crippen molar-refractivity contribution in [2.24, 2.45) is 17.3 Å². The van der Waals surface area contributed by atoms with Crippen LogP contribution in [0.25, 0.3) is 0 Å². The summed E-state index contributed by atoms with van der Waals surface area (Å²) in [5, 5.41) is 3.86. The van der Waals surface area contributed by atoms with Crippen molar-refractivity contribution in [2.75, 3.05) is 12.3 Å². The second kappa shape index (κ2) is 5.96. The van der Waals surface area contributed by atoms with Crippen LogP contribution in [-0.4, -0.2) is 18.3 Å². The quantitative estimate of drug-likeness (QED) is 0.731. The van der Waals surface area contributed by atoms with Crippen LogP contribution in [-0.2, 0) is 0 Å². The van der Waals surface area contributed by atoms with Gasteiger partial charge >= 0.3 is 0 Å². The van der Waals surface area contributed by atoms with E-state index in [-0.39, 0.29) is 0 Å². The van der Waals surface area contributed by atoms with E-state index in [9.17, 15) is 0 Å². The zero-order valence-corrected chi connectivity index (χ0v) is 13.7. The summed E-state index contributed by atoms with van der Waals surface area (Å²) < 4.78 is 0. The Morgan fingerprint density at radius 3 is 2.62 bits per heavy atom. The van der Waals surface area contributed by atoms with Gasteiger partial charge in [-0.15, -0.1) is 11.8 Å². The van der Waals surface area contributed by atoms with Crippen LogP contribution in [0, 0.1) is 17.3 Å².